The monoisotopic (exact) mass is 365 g/mol. The zero-order chi connectivity index (χ0) is 18.4. The second kappa shape index (κ2) is 8.89. The van der Waals surface area contributed by atoms with Gasteiger partial charge in [0.05, 0.1) is 12.5 Å². The van der Waals surface area contributed by atoms with Crippen molar-refractivity contribution in [2.24, 2.45) is 17.8 Å². The Morgan fingerprint density at radius 2 is 2.20 bits per heavy atom. The number of carbonyl (C=O) groups is 3. The Kier molecular flexibility index (Phi) is 6.87. The molecule has 1 N–H and O–H groups in total. The number of furan rings is 1. The molecular weight excluding hydrogens is 342 g/mol. The second-order valence-corrected chi connectivity index (χ2v) is 7.08. The summed E-state index contributed by atoms with van der Waals surface area (Å²) in [6.07, 6.45) is 4.05. The molecule has 1 fully saturated rings. The number of ether oxygens (including phenoxy) is 1. The molecule has 2 heterocycles. The van der Waals surface area contributed by atoms with Gasteiger partial charge in [-0.1, -0.05) is 13.8 Å². The fourth-order valence-electron chi connectivity index (χ4n) is 2.85. The minimum absolute atomic E-state index is 0.0442. The van der Waals surface area contributed by atoms with Crippen LogP contribution in [0.4, 0.5) is 0 Å². The smallest absolute Gasteiger partial charge is 0.287 e. The Bertz CT molecular complexity index is 638. The van der Waals surface area contributed by atoms with Crippen LogP contribution in [0, 0.1) is 17.8 Å². The highest BCUT2D eigenvalue weighted by molar-refractivity contribution is 7.80. The van der Waals surface area contributed by atoms with Crippen molar-refractivity contribution in [1.82, 2.24) is 5.32 Å². The minimum atomic E-state index is -0.593. The summed E-state index contributed by atoms with van der Waals surface area (Å²) in [7, 11) is 0. The van der Waals surface area contributed by atoms with Crippen molar-refractivity contribution < 1.29 is 23.5 Å². The highest BCUT2D eigenvalue weighted by atomic mass is 32.1. The topological polar surface area (TPSA) is 85.6 Å². The molecule has 2 atom stereocenters. The van der Waals surface area contributed by atoms with E-state index in [1.54, 1.807) is 18.6 Å². The predicted octanol–water partition coefficient (Wildman–Crippen LogP) is 2.45. The maximum atomic E-state index is 12.7. The fraction of sp³-hybridized carbons (Fsp3) is 0.556. The lowest BCUT2D eigenvalue weighted by Crippen LogP contribution is -2.43. The molecule has 0 bridgehead atoms. The van der Waals surface area contributed by atoms with E-state index >= 15 is 0 Å². The van der Waals surface area contributed by atoms with Gasteiger partial charge in [0, 0.05) is 36.8 Å². The van der Waals surface area contributed by atoms with Gasteiger partial charge in [-0.3, -0.25) is 14.4 Å². The van der Waals surface area contributed by atoms with Crippen LogP contribution in [0.1, 0.15) is 38.7 Å². The zero-order valence-corrected chi connectivity index (χ0v) is 15.3. The lowest BCUT2D eigenvalue weighted by molar-refractivity contribution is -0.143. The molecule has 1 aromatic rings. The standard InChI is InChI=1S/C18H23NO5S/c1-11(2)14(8-16(25)24-10-12-4-6-23-9-12)15(20)7-13-3-5-19-18(22)17(13)21/h4,6,9,11,13-14H,3,5,7-8,10H2,1-2H3,(H,19,22). The summed E-state index contributed by atoms with van der Waals surface area (Å²) in [6.45, 7) is 4.62. The van der Waals surface area contributed by atoms with E-state index in [1.807, 2.05) is 13.8 Å². The Labute approximate surface area is 152 Å². The number of carbonyl (C=O) groups excluding carboxylic acids is 3. The molecular formula is C18H23NO5S. The number of hydrogen-bond acceptors (Lipinski definition) is 6. The lowest BCUT2D eigenvalue weighted by Gasteiger charge is -2.24. The molecule has 2 unspecified atom stereocenters. The predicted molar refractivity (Wildman–Crippen MR) is 94.8 cm³/mol. The highest BCUT2D eigenvalue weighted by Gasteiger charge is 2.34. The van der Waals surface area contributed by atoms with Gasteiger partial charge < -0.3 is 14.5 Å². The van der Waals surface area contributed by atoms with Gasteiger partial charge in [0.2, 0.25) is 5.78 Å². The average molecular weight is 365 g/mol. The third-order valence-electron chi connectivity index (χ3n) is 4.41. The van der Waals surface area contributed by atoms with Crippen LogP contribution >= 0.6 is 12.2 Å². The molecule has 136 valence electrons. The largest absolute Gasteiger partial charge is 0.482 e. The molecule has 0 saturated carbocycles. The van der Waals surface area contributed by atoms with Crippen molar-refractivity contribution >= 4 is 34.7 Å². The fourth-order valence-corrected chi connectivity index (χ4v) is 3.09. The molecule has 1 aliphatic heterocycles. The van der Waals surface area contributed by atoms with Gasteiger partial charge in [0.1, 0.15) is 12.4 Å². The van der Waals surface area contributed by atoms with E-state index in [-0.39, 0.29) is 24.0 Å². The minimum Gasteiger partial charge on any atom is -0.482 e. The van der Waals surface area contributed by atoms with E-state index in [0.29, 0.717) is 31.0 Å². The van der Waals surface area contributed by atoms with Crippen LogP contribution < -0.4 is 5.32 Å². The second-order valence-electron chi connectivity index (χ2n) is 6.62. The van der Waals surface area contributed by atoms with Crippen molar-refractivity contribution in [3.63, 3.8) is 0 Å². The van der Waals surface area contributed by atoms with Crippen molar-refractivity contribution in [2.75, 3.05) is 6.54 Å². The molecule has 1 aliphatic rings. The first-order chi connectivity index (χ1) is 11.9. The van der Waals surface area contributed by atoms with Crippen molar-refractivity contribution in [2.45, 2.75) is 39.7 Å². The first-order valence-corrected chi connectivity index (χ1v) is 8.80. The Morgan fingerprint density at radius 3 is 2.84 bits per heavy atom. The van der Waals surface area contributed by atoms with Crippen LogP contribution in [0.3, 0.4) is 0 Å². The van der Waals surface area contributed by atoms with Gasteiger partial charge in [0.15, 0.2) is 5.05 Å². The SMILES string of the molecule is CC(C)C(CC(=S)OCc1ccoc1)C(=O)CC1CCNC(=O)C1=O. The normalized spacial score (nSPS) is 18.8. The first-order valence-electron chi connectivity index (χ1n) is 8.40. The van der Waals surface area contributed by atoms with E-state index in [0.717, 1.165) is 5.56 Å². The van der Waals surface area contributed by atoms with Gasteiger partial charge >= 0.3 is 0 Å². The summed E-state index contributed by atoms with van der Waals surface area (Å²) >= 11 is 5.25. The van der Waals surface area contributed by atoms with E-state index < -0.39 is 17.6 Å². The van der Waals surface area contributed by atoms with Gasteiger partial charge in [-0.25, -0.2) is 0 Å². The third kappa shape index (κ3) is 5.49. The van der Waals surface area contributed by atoms with Gasteiger partial charge in [-0.15, -0.1) is 0 Å². The molecule has 25 heavy (non-hydrogen) atoms. The number of nitrogens with one attached hydrogen (secondary N) is 1. The van der Waals surface area contributed by atoms with Crippen LogP contribution in [0.5, 0.6) is 0 Å². The molecule has 1 aromatic heterocycles. The van der Waals surface area contributed by atoms with E-state index in [4.69, 9.17) is 21.4 Å². The van der Waals surface area contributed by atoms with Crippen LogP contribution in [-0.4, -0.2) is 29.1 Å². The molecule has 1 amide bonds. The maximum Gasteiger partial charge on any atom is 0.287 e. The van der Waals surface area contributed by atoms with Gasteiger partial charge in [-0.05, 0) is 30.6 Å². The molecule has 0 radical (unpaired) electrons. The summed E-state index contributed by atoms with van der Waals surface area (Å²) in [4.78, 5) is 36.0. The Balaban J connectivity index is 1.90. The van der Waals surface area contributed by atoms with Gasteiger partial charge in [-0.2, -0.15) is 0 Å². The maximum absolute atomic E-state index is 12.7. The summed E-state index contributed by atoms with van der Waals surface area (Å²) in [5.74, 6) is -1.92. The quantitative estimate of drug-likeness (QED) is 0.563. The summed E-state index contributed by atoms with van der Waals surface area (Å²) in [5.41, 5.74) is 0.869. The Morgan fingerprint density at radius 1 is 1.44 bits per heavy atom. The summed E-state index contributed by atoms with van der Waals surface area (Å²) < 4.78 is 10.5. The molecule has 0 aliphatic carbocycles. The number of Topliss-reactive ketones (excluding diaryl/α,β-unsaturated/α-hetero) is 2. The van der Waals surface area contributed by atoms with Crippen LogP contribution in [0.15, 0.2) is 23.0 Å². The van der Waals surface area contributed by atoms with Crippen LogP contribution in [0.25, 0.3) is 0 Å². The Hall–Kier alpha value is -2.02. The lowest BCUT2D eigenvalue weighted by atomic mass is 9.82. The zero-order valence-electron chi connectivity index (χ0n) is 14.4. The van der Waals surface area contributed by atoms with Crippen molar-refractivity contribution in [3.8, 4) is 0 Å². The van der Waals surface area contributed by atoms with E-state index in [1.165, 1.54) is 0 Å². The molecule has 0 spiro atoms. The average Bonchev–Trinajstić information content (AvgIpc) is 3.08. The number of rotatable bonds is 8. The number of amides is 1. The molecule has 1 saturated heterocycles. The number of thiocarbonyl (C=S) groups is 1. The van der Waals surface area contributed by atoms with E-state index in [2.05, 4.69) is 5.32 Å². The van der Waals surface area contributed by atoms with E-state index in [9.17, 15) is 14.4 Å². The van der Waals surface area contributed by atoms with Gasteiger partial charge in [0.25, 0.3) is 5.91 Å². The number of ketones is 2. The summed E-state index contributed by atoms with van der Waals surface area (Å²) in [6, 6.07) is 1.79. The summed E-state index contributed by atoms with van der Waals surface area (Å²) in [5, 5.41) is 2.86. The van der Waals surface area contributed by atoms with Crippen LogP contribution in [0.2, 0.25) is 0 Å². The van der Waals surface area contributed by atoms with Crippen LogP contribution in [-0.2, 0) is 25.7 Å². The molecule has 6 nitrogen and oxygen atoms in total. The molecule has 0 aromatic carbocycles. The first kappa shape index (κ1) is 19.3. The van der Waals surface area contributed by atoms with Crippen molar-refractivity contribution in [3.05, 3.63) is 24.2 Å². The third-order valence-corrected chi connectivity index (χ3v) is 4.69. The highest BCUT2D eigenvalue weighted by Crippen LogP contribution is 2.24. The molecule has 7 heteroatoms. The molecule has 2 rings (SSSR count). The van der Waals surface area contributed by atoms with Crippen molar-refractivity contribution in [1.29, 1.82) is 0 Å². The number of hydrogen-bond donors (Lipinski definition) is 1. The number of piperidine rings is 1.